The van der Waals surface area contributed by atoms with Crippen molar-refractivity contribution < 1.29 is 69.4 Å². The highest BCUT2D eigenvalue weighted by Crippen LogP contribution is 2.48. The molecule has 0 bridgehead atoms. The normalized spacial score (nSPS) is 17.1. The predicted octanol–water partition coefficient (Wildman–Crippen LogP) is 11.2. The number of Topliss-reactive ketones (excluding diaryl/α,β-unsaturated/α-hetero) is 1. The monoisotopic (exact) mass is 1240 g/mol. The molecular formula is C66H90N5O14S2+. The summed E-state index contributed by atoms with van der Waals surface area (Å²) in [7, 11) is -8.19. The molecule has 0 unspecified atom stereocenters. The predicted molar refractivity (Wildman–Crippen MR) is 338 cm³/mol. The number of carbonyl (C=O) groups excluding carboxylic acids is 3. The van der Waals surface area contributed by atoms with Crippen LogP contribution in [0.15, 0.2) is 120 Å². The van der Waals surface area contributed by atoms with Crippen LogP contribution in [0, 0.1) is 0 Å². The molecule has 0 radical (unpaired) electrons. The zero-order valence-electron chi connectivity index (χ0n) is 51.2. The van der Waals surface area contributed by atoms with Crippen molar-refractivity contribution in [2.24, 2.45) is 0 Å². The lowest BCUT2D eigenvalue weighted by atomic mass is 9.81. The fraction of sp³-hybridized carbons (Fsp3) is 0.515. The number of amides is 3. The molecule has 3 aliphatic rings. The van der Waals surface area contributed by atoms with Crippen LogP contribution < -0.4 is 25.6 Å². The summed E-state index contributed by atoms with van der Waals surface area (Å²) >= 11 is 0. The van der Waals surface area contributed by atoms with Gasteiger partial charge in [-0.1, -0.05) is 94.1 Å². The van der Waals surface area contributed by atoms with E-state index in [1.165, 1.54) is 0 Å². The van der Waals surface area contributed by atoms with Gasteiger partial charge in [-0.15, -0.1) is 0 Å². The van der Waals surface area contributed by atoms with Gasteiger partial charge >= 0.3 is 18.0 Å². The molecule has 0 aromatic heterocycles. The van der Waals surface area contributed by atoms with Crippen LogP contribution in [-0.4, -0.2) is 119 Å². The number of carbonyl (C=O) groups is 5. The summed E-state index contributed by atoms with van der Waals surface area (Å²) in [6.07, 6.45) is 19.0. The third kappa shape index (κ3) is 21.4. The van der Waals surface area contributed by atoms with Crippen molar-refractivity contribution in [1.82, 2.24) is 16.0 Å². The van der Waals surface area contributed by atoms with E-state index in [4.69, 9.17) is 9.84 Å². The Balaban J connectivity index is 1.09. The molecule has 0 spiro atoms. The molecule has 3 aromatic carbocycles. The first kappa shape index (κ1) is 69.2. The molecule has 21 heteroatoms. The number of ketones is 1. The van der Waals surface area contributed by atoms with Crippen LogP contribution in [0.1, 0.15) is 173 Å². The number of fused-ring (bicyclic) bond motifs is 2. The van der Waals surface area contributed by atoms with Crippen molar-refractivity contribution in [3.05, 3.63) is 136 Å². The average Bonchev–Trinajstić information content (AvgIpc) is 1.73. The zero-order chi connectivity index (χ0) is 63.4. The van der Waals surface area contributed by atoms with E-state index in [0.717, 1.165) is 108 Å². The van der Waals surface area contributed by atoms with Gasteiger partial charge in [-0.2, -0.15) is 21.4 Å². The van der Waals surface area contributed by atoms with Crippen LogP contribution in [0.25, 0.3) is 0 Å². The van der Waals surface area contributed by atoms with Gasteiger partial charge in [0.15, 0.2) is 5.71 Å². The molecule has 3 amide bonds. The van der Waals surface area contributed by atoms with Gasteiger partial charge in [-0.25, -0.2) is 9.59 Å². The van der Waals surface area contributed by atoms with Crippen LogP contribution in [0.5, 0.6) is 5.75 Å². The van der Waals surface area contributed by atoms with Gasteiger partial charge in [0.25, 0.3) is 20.2 Å². The van der Waals surface area contributed by atoms with Crippen molar-refractivity contribution >= 4 is 67.0 Å². The molecule has 7 N–H and O–H groups in total. The highest BCUT2D eigenvalue weighted by Gasteiger charge is 2.44. The molecule has 0 saturated heterocycles. The number of nitrogens with zero attached hydrogens (tertiary/aromatic N) is 2. The average molecular weight is 1240 g/mol. The van der Waals surface area contributed by atoms with Gasteiger partial charge in [-0.05, 0) is 144 Å². The van der Waals surface area contributed by atoms with E-state index >= 15 is 0 Å². The number of ether oxygens (including phenoxy) is 1. The molecule has 1 aliphatic carbocycles. The Labute approximate surface area is 514 Å². The van der Waals surface area contributed by atoms with E-state index in [-0.39, 0.29) is 72.3 Å². The Morgan fingerprint density at radius 1 is 0.690 bits per heavy atom. The van der Waals surface area contributed by atoms with Crippen LogP contribution in [0.3, 0.4) is 0 Å². The molecular weight excluding hydrogens is 1150 g/mol. The minimum Gasteiger partial charge on any atom is -0.481 e. The molecule has 0 fully saturated rings. The second-order valence-electron chi connectivity index (χ2n) is 24.1. The van der Waals surface area contributed by atoms with E-state index < -0.39 is 44.2 Å². The fourth-order valence-electron chi connectivity index (χ4n) is 11.8. The topological polar surface area (TPSA) is 286 Å². The Morgan fingerprint density at radius 2 is 1.33 bits per heavy atom. The molecule has 0 saturated carbocycles. The maximum absolute atomic E-state index is 13.0. The zero-order valence-corrected chi connectivity index (χ0v) is 52.8. The number of carboxylic acids is 2. The maximum atomic E-state index is 13.0. The summed E-state index contributed by atoms with van der Waals surface area (Å²) in [4.78, 5) is 62.1. The van der Waals surface area contributed by atoms with E-state index in [9.17, 15) is 55.0 Å². The molecule has 2 aliphatic heterocycles. The number of allylic oxidation sites excluding steroid dienone is 7. The van der Waals surface area contributed by atoms with Gasteiger partial charge in [0.05, 0.1) is 16.9 Å². The van der Waals surface area contributed by atoms with E-state index in [1.807, 2.05) is 55.5 Å². The third-order valence-corrected chi connectivity index (χ3v) is 18.0. The fourth-order valence-corrected chi connectivity index (χ4v) is 12.9. The number of benzene rings is 3. The van der Waals surface area contributed by atoms with Gasteiger partial charge in [0.1, 0.15) is 29.9 Å². The lowest BCUT2D eigenvalue weighted by molar-refractivity contribution is -0.438. The van der Waals surface area contributed by atoms with Gasteiger partial charge < -0.3 is 35.8 Å². The Kier molecular flexibility index (Phi) is 25.7. The molecule has 2 atom stereocenters. The van der Waals surface area contributed by atoms with Crippen LogP contribution in [0.2, 0.25) is 0 Å². The highest BCUT2D eigenvalue weighted by molar-refractivity contribution is 7.86. The number of nitrogens with one attached hydrogen (secondary N) is 3. The molecule has 474 valence electrons. The van der Waals surface area contributed by atoms with Crippen molar-refractivity contribution in [1.29, 1.82) is 0 Å². The number of unbranched alkanes of at least 4 members (excludes halogenated alkanes) is 7. The van der Waals surface area contributed by atoms with E-state index in [1.54, 1.807) is 0 Å². The largest absolute Gasteiger partial charge is 0.481 e. The van der Waals surface area contributed by atoms with Gasteiger partial charge in [0, 0.05) is 85.7 Å². The Hall–Kier alpha value is -6.94. The molecule has 19 nitrogen and oxygen atoms in total. The van der Waals surface area contributed by atoms with Crippen molar-refractivity contribution in [3.8, 4) is 5.75 Å². The first-order valence-corrected chi connectivity index (χ1v) is 33.9. The number of anilines is 1. The summed E-state index contributed by atoms with van der Waals surface area (Å²) in [5.41, 5.74) is 8.81. The smallest absolute Gasteiger partial charge is 0.326 e. The second-order valence-corrected chi connectivity index (χ2v) is 27.3. The van der Waals surface area contributed by atoms with Crippen LogP contribution in [-0.2, 0) is 56.7 Å². The highest BCUT2D eigenvalue weighted by atomic mass is 32.2. The SMILES string of the molecule is C[C@H](Cc1ccc(OC2=C(C=CC3=[N+](CCCCS(=O)(=O)O)c4ccccc4C3(C)C)CCCC2=CC=C2N(CCCCS(=O)(=O)O)c3ccccc3C2(C)C)cc1)NC(=O)CCCCCCCCC(=O)CC[C@@H](NC(=O)NCCCC(=O)O)C(=O)O. The number of rotatable bonds is 36. The summed E-state index contributed by atoms with van der Waals surface area (Å²) < 4.78 is 74.7. The quantitative estimate of drug-likeness (QED) is 0.0162. The number of urea groups is 1. The number of carboxylic acid groups (broad SMARTS) is 2. The molecule has 2 heterocycles. The number of para-hydroxylation sites is 2. The van der Waals surface area contributed by atoms with Crippen molar-refractivity contribution in [2.75, 3.05) is 36.0 Å². The minimum atomic E-state index is -4.09. The standard InChI is InChI=1S/C66H89N5O14S2/c1-47(68-60(73)29-11-9-7-6-8-10-24-51(72)35-38-55(63(76)77)69-64(78)67-41-21-30-61(74)75)46-48-31-36-52(37-32-48)85-62-49(33-39-58-65(2,3)53-25-12-14-27-56(53)70(58)42-16-18-44-86(79,80)81)22-20-23-50(62)34-40-59-66(4,5)54-26-13-15-28-57(54)71(59)43-17-19-45-87(82,83)84/h12-15,25-28,31-34,36-37,39-40,47,55H,6-11,16-24,29-30,35,38,41-46H2,1-5H3,(H6-,67,68,69,73,74,75,76,77,78,79,80,81,82,83,84)/p+1/t47-,55-/m1/s1. The number of hydrogen-bond acceptors (Lipinski definition) is 11. The van der Waals surface area contributed by atoms with Crippen LogP contribution in [0.4, 0.5) is 16.2 Å². The summed E-state index contributed by atoms with van der Waals surface area (Å²) in [5.74, 6) is -1.58. The summed E-state index contributed by atoms with van der Waals surface area (Å²) in [5, 5.41) is 26.1. The molecule has 6 rings (SSSR count). The lowest BCUT2D eigenvalue weighted by Crippen LogP contribution is -2.46. The van der Waals surface area contributed by atoms with E-state index in [2.05, 4.69) is 102 Å². The van der Waals surface area contributed by atoms with Crippen molar-refractivity contribution in [2.45, 2.75) is 186 Å². The molecule has 3 aromatic rings. The lowest BCUT2D eigenvalue weighted by Gasteiger charge is -2.27. The maximum Gasteiger partial charge on any atom is 0.326 e. The van der Waals surface area contributed by atoms with Crippen molar-refractivity contribution in [3.63, 3.8) is 0 Å². The molecule has 87 heavy (non-hydrogen) atoms. The third-order valence-electron chi connectivity index (χ3n) is 16.4. The van der Waals surface area contributed by atoms with Crippen LogP contribution >= 0.6 is 0 Å². The summed E-state index contributed by atoms with van der Waals surface area (Å²) in [6.45, 7) is 11.9. The Bertz CT molecular complexity index is 3310. The first-order valence-electron chi connectivity index (χ1n) is 30.6. The summed E-state index contributed by atoms with van der Waals surface area (Å²) in [6, 6.07) is 22.3. The minimum absolute atomic E-state index is 0.0123. The number of hydrogen-bond donors (Lipinski definition) is 7. The van der Waals surface area contributed by atoms with E-state index in [0.29, 0.717) is 70.2 Å². The first-order chi connectivity index (χ1) is 41.2. The second kappa shape index (κ2) is 32.3. The van der Waals surface area contributed by atoms with Gasteiger partial charge in [-0.3, -0.25) is 23.5 Å². The van der Waals surface area contributed by atoms with Gasteiger partial charge in [0.2, 0.25) is 11.6 Å². The Morgan fingerprint density at radius 3 is 2.01 bits per heavy atom. The number of aliphatic carboxylic acids is 2.